The lowest BCUT2D eigenvalue weighted by Crippen LogP contribution is -2.27. The van der Waals surface area contributed by atoms with Gasteiger partial charge >= 0.3 is 24.0 Å². The van der Waals surface area contributed by atoms with Crippen molar-refractivity contribution in [1.82, 2.24) is 14.3 Å². The Kier molecular flexibility index (Phi) is 8.10. The fourth-order valence-electron chi connectivity index (χ4n) is 4.14. The number of benzene rings is 3. The van der Waals surface area contributed by atoms with E-state index in [9.17, 15) is 35.9 Å². The lowest BCUT2D eigenvalue weighted by molar-refractivity contribution is -0.137. The van der Waals surface area contributed by atoms with Crippen molar-refractivity contribution in [3.05, 3.63) is 98.9 Å². The van der Waals surface area contributed by atoms with E-state index >= 15 is 0 Å². The van der Waals surface area contributed by atoms with Crippen molar-refractivity contribution in [3.8, 4) is 22.5 Å². The summed E-state index contributed by atoms with van der Waals surface area (Å²) in [4.78, 5) is 25.6. The van der Waals surface area contributed by atoms with Crippen molar-refractivity contribution in [2.75, 3.05) is 7.11 Å². The molecule has 4 aromatic rings. The highest BCUT2D eigenvalue weighted by Gasteiger charge is 2.34. The van der Waals surface area contributed by atoms with E-state index in [1.807, 2.05) is 0 Å². The molecule has 1 heterocycles. The van der Waals surface area contributed by atoms with Gasteiger partial charge in [0.2, 0.25) is 0 Å². The van der Waals surface area contributed by atoms with Crippen LogP contribution in [-0.2, 0) is 24.0 Å². The maximum Gasteiger partial charge on any atom is 0.417 e. The molecule has 0 bridgehead atoms. The predicted octanol–water partition coefficient (Wildman–Crippen LogP) is 6.84. The van der Waals surface area contributed by atoms with Crippen molar-refractivity contribution in [2.45, 2.75) is 31.9 Å². The molecule has 0 saturated heterocycles. The number of aromatic nitrogens is 3. The Morgan fingerprint density at radius 3 is 2.25 bits per heavy atom. The highest BCUT2D eigenvalue weighted by atomic mass is 35.5. The van der Waals surface area contributed by atoms with Gasteiger partial charge in [-0.2, -0.15) is 26.3 Å². The van der Waals surface area contributed by atoms with Crippen LogP contribution in [0.1, 0.15) is 27.9 Å². The molecule has 1 aromatic heterocycles. The minimum absolute atomic E-state index is 0.0419. The molecule has 13 heteroatoms. The monoisotopic (exact) mass is 583 g/mol. The number of alkyl halides is 6. The second kappa shape index (κ2) is 11.2. The third kappa shape index (κ3) is 6.39. The summed E-state index contributed by atoms with van der Waals surface area (Å²) in [5, 5.41) is 4.59. The van der Waals surface area contributed by atoms with Crippen LogP contribution in [0.2, 0.25) is 5.02 Å². The predicted molar refractivity (Wildman–Crippen MR) is 135 cm³/mol. The molecule has 0 fully saturated rings. The van der Waals surface area contributed by atoms with Crippen LogP contribution < -0.4 is 5.69 Å². The van der Waals surface area contributed by atoms with E-state index in [0.29, 0.717) is 10.6 Å². The number of rotatable bonds is 7. The van der Waals surface area contributed by atoms with Gasteiger partial charge < -0.3 is 4.74 Å². The summed E-state index contributed by atoms with van der Waals surface area (Å²) in [6, 6.07) is 14.6. The molecule has 0 spiro atoms. The molecule has 3 aromatic carbocycles. The lowest BCUT2D eigenvalue weighted by atomic mass is 9.93. The van der Waals surface area contributed by atoms with Crippen molar-refractivity contribution < 1.29 is 35.9 Å². The van der Waals surface area contributed by atoms with Crippen molar-refractivity contribution >= 4 is 17.6 Å². The Morgan fingerprint density at radius 2 is 1.62 bits per heavy atom. The summed E-state index contributed by atoms with van der Waals surface area (Å²) >= 11 is 5.91. The van der Waals surface area contributed by atoms with E-state index in [-0.39, 0.29) is 34.6 Å². The number of carbonyl (C=O) groups excluding carboxylic acids is 1. The van der Waals surface area contributed by atoms with Crippen molar-refractivity contribution in [2.24, 2.45) is 0 Å². The summed E-state index contributed by atoms with van der Waals surface area (Å²) in [5.74, 6) is -0.920. The van der Waals surface area contributed by atoms with Crippen LogP contribution in [0, 0.1) is 0 Å². The minimum atomic E-state index is -4.73. The second-order valence-electron chi connectivity index (χ2n) is 8.70. The summed E-state index contributed by atoms with van der Waals surface area (Å²) in [6.07, 6.45) is -10.6. The fourth-order valence-corrected chi connectivity index (χ4v) is 4.26. The van der Waals surface area contributed by atoms with E-state index in [2.05, 4.69) is 5.10 Å². The highest BCUT2D eigenvalue weighted by Crippen LogP contribution is 2.38. The zero-order valence-corrected chi connectivity index (χ0v) is 21.4. The molecule has 210 valence electrons. The minimum Gasteiger partial charge on any atom is -0.465 e. The van der Waals surface area contributed by atoms with Crippen LogP contribution >= 0.6 is 11.6 Å². The van der Waals surface area contributed by atoms with Crippen molar-refractivity contribution in [1.29, 1.82) is 0 Å². The first-order chi connectivity index (χ1) is 18.8. The van der Waals surface area contributed by atoms with Gasteiger partial charge in [-0.15, -0.1) is 5.10 Å². The largest absolute Gasteiger partial charge is 0.465 e. The van der Waals surface area contributed by atoms with E-state index in [1.165, 1.54) is 60.7 Å². The maximum atomic E-state index is 13.8. The Bertz CT molecular complexity index is 1590. The Balaban J connectivity index is 1.82. The topological polar surface area (TPSA) is 66.1 Å². The number of esters is 1. The Morgan fingerprint density at radius 1 is 0.950 bits per heavy atom. The van der Waals surface area contributed by atoms with Crippen molar-refractivity contribution in [3.63, 3.8) is 0 Å². The van der Waals surface area contributed by atoms with E-state index in [1.54, 1.807) is 0 Å². The molecule has 6 nitrogen and oxygen atoms in total. The molecular formula is C27H20ClF6N3O3. The first-order valence-electron chi connectivity index (χ1n) is 11.7. The van der Waals surface area contributed by atoms with Crippen LogP contribution in [0.4, 0.5) is 26.3 Å². The molecule has 4 rings (SSSR count). The summed E-state index contributed by atoms with van der Waals surface area (Å²) in [5.41, 5.74) is -1.78. The van der Waals surface area contributed by atoms with Gasteiger partial charge in [-0.1, -0.05) is 35.9 Å². The van der Waals surface area contributed by atoms with Crippen LogP contribution in [0.25, 0.3) is 22.5 Å². The van der Waals surface area contributed by atoms with E-state index in [4.69, 9.17) is 16.3 Å². The normalized spacial score (nSPS) is 12.0. The molecule has 0 aliphatic rings. The number of hydrogen-bond acceptors (Lipinski definition) is 4. The highest BCUT2D eigenvalue weighted by molar-refractivity contribution is 6.30. The smallest absolute Gasteiger partial charge is 0.417 e. The molecular weight excluding hydrogens is 564 g/mol. The fraction of sp³-hybridized carbons (Fsp3) is 0.222. The third-order valence-corrected chi connectivity index (χ3v) is 6.24. The van der Waals surface area contributed by atoms with Gasteiger partial charge in [-0.05, 0) is 59.2 Å². The second-order valence-corrected chi connectivity index (χ2v) is 9.14. The van der Waals surface area contributed by atoms with Gasteiger partial charge in [-0.25, -0.2) is 14.3 Å². The standard InChI is InChI=1S/C27H20ClF6N3O3/c1-40-24(38)20-11-6-16(14-21(20)19-4-2-3-5-22(19)27(32,33)34)15-37-25(39)36(13-12-26(29,30)31)23(35-37)17-7-9-18(28)10-8-17/h2-11,14H,12-13,15H2,1H3. The molecule has 0 N–H and O–H groups in total. The number of nitrogens with zero attached hydrogens (tertiary/aromatic N) is 3. The van der Waals surface area contributed by atoms with E-state index in [0.717, 1.165) is 22.4 Å². The molecule has 0 saturated carbocycles. The molecule has 0 radical (unpaired) electrons. The van der Waals surface area contributed by atoms with Crippen LogP contribution in [0.3, 0.4) is 0 Å². The average molecular weight is 584 g/mol. The molecule has 0 aliphatic heterocycles. The Labute approximate surface area is 228 Å². The number of ether oxygens (including phenoxy) is 1. The van der Waals surface area contributed by atoms with Gasteiger partial charge in [0.1, 0.15) is 0 Å². The van der Waals surface area contributed by atoms with Gasteiger partial charge in [0.25, 0.3) is 0 Å². The SMILES string of the molecule is COC(=O)c1ccc(Cn2nc(-c3ccc(Cl)cc3)n(CCC(F)(F)F)c2=O)cc1-c1ccccc1C(F)(F)F. The van der Waals surface area contributed by atoms with Gasteiger partial charge in [0, 0.05) is 17.1 Å². The van der Waals surface area contributed by atoms with E-state index < -0.39 is 42.5 Å². The zero-order chi connectivity index (χ0) is 29.2. The number of hydrogen-bond donors (Lipinski definition) is 0. The first kappa shape index (κ1) is 28.9. The number of methoxy groups -OCH3 is 1. The van der Waals surface area contributed by atoms with Gasteiger partial charge in [0.15, 0.2) is 5.82 Å². The molecule has 0 atom stereocenters. The summed E-state index contributed by atoms with van der Waals surface area (Å²) in [6.45, 7) is -1.01. The summed E-state index contributed by atoms with van der Waals surface area (Å²) in [7, 11) is 1.08. The quantitative estimate of drug-likeness (QED) is 0.177. The van der Waals surface area contributed by atoms with Crippen LogP contribution in [-0.4, -0.2) is 33.6 Å². The van der Waals surface area contributed by atoms with Crippen LogP contribution in [0.5, 0.6) is 0 Å². The Hall–Kier alpha value is -4.06. The number of carbonyl (C=O) groups is 1. The molecule has 0 amide bonds. The average Bonchev–Trinajstić information content (AvgIpc) is 3.21. The number of halogens is 7. The maximum absolute atomic E-state index is 13.8. The molecule has 0 aliphatic carbocycles. The molecule has 0 unspecified atom stereocenters. The third-order valence-electron chi connectivity index (χ3n) is 5.99. The summed E-state index contributed by atoms with van der Waals surface area (Å²) < 4.78 is 86.8. The lowest BCUT2D eigenvalue weighted by Gasteiger charge is -2.16. The van der Waals surface area contributed by atoms with Gasteiger partial charge in [0.05, 0.1) is 31.2 Å². The zero-order valence-electron chi connectivity index (χ0n) is 20.7. The first-order valence-corrected chi connectivity index (χ1v) is 12.0. The van der Waals surface area contributed by atoms with Crippen LogP contribution in [0.15, 0.2) is 71.5 Å². The molecule has 40 heavy (non-hydrogen) atoms. The van der Waals surface area contributed by atoms with Gasteiger partial charge in [-0.3, -0.25) is 4.57 Å².